The van der Waals surface area contributed by atoms with Gasteiger partial charge in [0.05, 0.1) is 6.04 Å². The van der Waals surface area contributed by atoms with Crippen LogP contribution >= 0.6 is 0 Å². The summed E-state index contributed by atoms with van der Waals surface area (Å²) in [6.45, 7) is 9.96. The largest absolute Gasteiger partial charge is 0.350 e. The molecule has 0 bridgehead atoms. The third-order valence-corrected chi connectivity index (χ3v) is 2.65. The molecule has 0 aliphatic carbocycles. The topological polar surface area (TPSA) is 35.6 Å². The summed E-state index contributed by atoms with van der Waals surface area (Å²) in [7, 11) is 6.13. The lowest BCUT2D eigenvalue weighted by atomic mass is 10.1. The van der Waals surface area contributed by atoms with Gasteiger partial charge in [-0.2, -0.15) is 0 Å². The van der Waals surface area contributed by atoms with Gasteiger partial charge in [0.25, 0.3) is 0 Å². The molecule has 0 unspecified atom stereocenters. The van der Waals surface area contributed by atoms with Crippen molar-refractivity contribution >= 4 is 5.91 Å². The molecule has 0 radical (unpaired) electrons. The van der Waals surface area contributed by atoms with Crippen LogP contribution in [0.4, 0.5) is 0 Å². The van der Waals surface area contributed by atoms with Gasteiger partial charge in [-0.3, -0.25) is 9.69 Å². The summed E-state index contributed by atoms with van der Waals surface area (Å²) in [6.07, 6.45) is 1.08. The van der Waals surface area contributed by atoms with Crippen LogP contribution in [-0.2, 0) is 4.79 Å². The van der Waals surface area contributed by atoms with Crippen molar-refractivity contribution in [2.24, 2.45) is 0 Å². The van der Waals surface area contributed by atoms with E-state index in [1.165, 1.54) is 0 Å². The van der Waals surface area contributed by atoms with Crippen LogP contribution in [0.3, 0.4) is 0 Å². The molecule has 0 aliphatic heterocycles. The Balaban J connectivity index is 4.03. The highest BCUT2D eigenvalue weighted by Crippen LogP contribution is 2.03. The summed E-state index contributed by atoms with van der Waals surface area (Å²) < 4.78 is 0. The molecular formula is C13H29N3O. The zero-order chi connectivity index (χ0) is 13.6. The first-order valence-electron chi connectivity index (χ1n) is 6.30. The van der Waals surface area contributed by atoms with Crippen molar-refractivity contribution in [2.75, 3.05) is 34.2 Å². The maximum absolute atomic E-state index is 11.9. The van der Waals surface area contributed by atoms with Crippen LogP contribution in [0.15, 0.2) is 0 Å². The summed E-state index contributed by atoms with van der Waals surface area (Å²) in [5.74, 6) is 0.102. The van der Waals surface area contributed by atoms with Crippen LogP contribution in [0.2, 0.25) is 0 Å². The predicted molar refractivity (Wildman–Crippen MR) is 73.2 cm³/mol. The van der Waals surface area contributed by atoms with Gasteiger partial charge in [0.15, 0.2) is 0 Å². The van der Waals surface area contributed by atoms with E-state index in [0.717, 1.165) is 19.5 Å². The molecular weight excluding hydrogens is 214 g/mol. The number of nitrogens with zero attached hydrogens (tertiary/aromatic N) is 2. The molecule has 17 heavy (non-hydrogen) atoms. The van der Waals surface area contributed by atoms with Crippen molar-refractivity contribution < 1.29 is 4.79 Å². The molecule has 0 saturated carbocycles. The molecule has 0 spiro atoms. The Hall–Kier alpha value is -0.610. The molecule has 1 N–H and O–H groups in total. The van der Waals surface area contributed by atoms with Crippen molar-refractivity contribution in [1.82, 2.24) is 15.1 Å². The highest BCUT2D eigenvalue weighted by atomic mass is 16.2. The standard InChI is InChI=1S/C13H29N3O/c1-11(12(17)14-13(2,3)4)16(7)10-8-9-15(5)6/h11H,8-10H2,1-7H3,(H,14,17)/t11-/m0/s1. The van der Waals surface area contributed by atoms with Gasteiger partial charge in [0.1, 0.15) is 0 Å². The SMILES string of the molecule is C[C@@H](C(=O)NC(C)(C)C)N(C)CCCN(C)C. The second-order valence-electron chi connectivity index (χ2n) is 6.05. The third kappa shape index (κ3) is 8.16. The molecule has 4 heteroatoms. The molecule has 0 aliphatic rings. The Bertz CT molecular complexity index is 233. The number of nitrogens with one attached hydrogen (secondary N) is 1. The quantitative estimate of drug-likeness (QED) is 0.761. The predicted octanol–water partition coefficient (Wildman–Crippen LogP) is 1.17. The van der Waals surface area contributed by atoms with Crippen molar-refractivity contribution in [3.63, 3.8) is 0 Å². The van der Waals surface area contributed by atoms with Gasteiger partial charge in [-0.15, -0.1) is 0 Å². The van der Waals surface area contributed by atoms with Crippen molar-refractivity contribution in [2.45, 2.75) is 45.7 Å². The van der Waals surface area contributed by atoms with Gasteiger partial charge in [-0.1, -0.05) is 0 Å². The van der Waals surface area contributed by atoms with Crippen molar-refractivity contribution in [3.05, 3.63) is 0 Å². The molecule has 1 atom stereocenters. The van der Waals surface area contributed by atoms with E-state index in [-0.39, 0.29) is 17.5 Å². The van der Waals surface area contributed by atoms with E-state index in [0.29, 0.717) is 0 Å². The number of hydrogen-bond acceptors (Lipinski definition) is 3. The number of likely N-dealkylation sites (N-methyl/N-ethyl adjacent to an activating group) is 1. The summed E-state index contributed by atoms with van der Waals surface area (Å²) >= 11 is 0. The zero-order valence-corrected chi connectivity index (χ0v) is 12.5. The Labute approximate surface area is 106 Å². The van der Waals surface area contributed by atoms with Gasteiger partial charge in [0.2, 0.25) is 5.91 Å². The molecule has 102 valence electrons. The zero-order valence-electron chi connectivity index (χ0n) is 12.5. The van der Waals surface area contributed by atoms with Crippen LogP contribution in [-0.4, -0.2) is 61.5 Å². The summed E-state index contributed by atoms with van der Waals surface area (Å²) in [5.41, 5.74) is -0.157. The van der Waals surface area contributed by atoms with Crippen molar-refractivity contribution in [1.29, 1.82) is 0 Å². The van der Waals surface area contributed by atoms with Crippen LogP contribution in [0.25, 0.3) is 0 Å². The molecule has 0 heterocycles. The molecule has 0 fully saturated rings. The first-order valence-corrected chi connectivity index (χ1v) is 6.30. The lowest BCUT2D eigenvalue weighted by Gasteiger charge is -2.28. The van der Waals surface area contributed by atoms with Crippen LogP contribution in [0, 0.1) is 0 Å². The first-order chi connectivity index (χ1) is 7.63. The maximum Gasteiger partial charge on any atom is 0.237 e. The van der Waals surface area contributed by atoms with Gasteiger partial charge >= 0.3 is 0 Å². The monoisotopic (exact) mass is 243 g/mol. The lowest BCUT2D eigenvalue weighted by Crippen LogP contribution is -2.50. The van der Waals surface area contributed by atoms with E-state index in [1.807, 2.05) is 34.7 Å². The second kappa shape index (κ2) is 6.97. The fraction of sp³-hybridized carbons (Fsp3) is 0.923. The Morgan fingerprint density at radius 1 is 1.18 bits per heavy atom. The highest BCUT2D eigenvalue weighted by molar-refractivity contribution is 5.81. The number of carbonyl (C=O) groups is 1. The van der Waals surface area contributed by atoms with E-state index in [9.17, 15) is 4.79 Å². The Morgan fingerprint density at radius 2 is 1.71 bits per heavy atom. The average Bonchev–Trinajstić information content (AvgIpc) is 2.13. The normalized spacial score (nSPS) is 14.2. The average molecular weight is 243 g/mol. The van der Waals surface area contributed by atoms with Crippen LogP contribution in [0.5, 0.6) is 0 Å². The minimum Gasteiger partial charge on any atom is -0.350 e. The van der Waals surface area contributed by atoms with Crippen molar-refractivity contribution in [3.8, 4) is 0 Å². The van der Waals surface area contributed by atoms with Gasteiger partial charge in [0, 0.05) is 5.54 Å². The minimum atomic E-state index is -0.157. The molecule has 0 rings (SSSR count). The fourth-order valence-electron chi connectivity index (χ4n) is 1.50. The Kier molecular flexibility index (Phi) is 6.72. The number of rotatable bonds is 6. The van der Waals surface area contributed by atoms with E-state index in [2.05, 4.69) is 29.2 Å². The van der Waals surface area contributed by atoms with E-state index in [4.69, 9.17) is 0 Å². The molecule has 0 saturated heterocycles. The minimum absolute atomic E-state index is 0.0728. The summed E-state index contributed by atoms with van der Waals surface area (Å²) in [6, 6.07) is -0.0728. The highest BCUT2D eigenvalue weighted by Gasteiger charge is 2.21. The summed E-state index contributed by atoms with van der Waals surface area (Å²) in [5, 5.41) is 3.01. The summed E-state index contributed by atoms with van der Waals surface area (Å²) in [4.78, 5) is 16.2. The molecule has 0 aromatic carbocycles. The van der Waals surface area contributed by atoms with Gasteiger partial charge < -0.3 is 10.2 Å². The number of hydrogen-bond donors (Lipinski definition) is 1. The second-order valence-corrected chi connectivity index (χ2v) is 6.05. The molecule has 1 amide bonds. The number of amides is 1. The molecule has 0 aromatic rings. The Morgan fingerprint density at radius 3 is 2.12 bits per heavy atom. The smallest absolute Gasteiger partial charge is 0.237 e. The molecule has 4 nitrogen and oxygen atoms in total. The van der Waals surface area contributed by atoms with E-state index >= 15 is 0 Å². The fourth-order valence-corrected chi connectivity index (χ4v) is 1.50. The van der Waals surface area contributed by atoms with E-state index in [1.54, 1.807) is 0 Å². The van der Waals surface area contributed by atoms with Gasteiger partial charge in [-0.05, 0) is 68.3 Å². The maximum atomic E-state index is 11.9. The van der Waals surface area contributed by atoms with E-state index < -0.39 is 0 Å². The molecule has 0 aromatic heterocycles. The van der Waals surface area contributed by atoms with Crippen LogP contribution in [0.1, 0.15) is 34.1 Å². The lowest BCUT2D eigenvalue weighted by molar-refractivity contribution is -0.126. The van der Waals surface area contributed by atoms with Crippen LogP contribution < -0.4 is 5.32 Å². The van der Waals surface area contributed by atoms with Gasteiger partial charge in [-0.25, -0.2) is 0 Å². The third-order valence-electron chi connectivity index (χ3n) is 2.65. The first kappa shape index (κ1) is 16.4. The number of carbonyl (C=O) groups excluding carboxylic acids is 1.